The Morgan fingerprint density at radius 3 is 2.62 bits per heavy atom. The van der Waals surface area contributed by atoms with Crippen LogP contribution in [0.25, 0.3) is 0 Å². The van der Waals surface area contributed by atoms with Crippen LogP contribution >= 0.6 is 11.6 Å². The van der Waals surface area contributed by atoms with Gasteiger partial charge in [0.05, 0.1) is 4.90 Å². The summed E-state index contributed by atoms with van der Waals surface area (Å²) in [5, 5.41) is 3.45. The lowest BCUT2D eigenvalue weighted by molar-refractivity contribution is 0.0832. The Morgan fingerprint density at radius 2 is 2.00 bits per heavy atom. The molecule has 0 atom stereocenters. The van der Waals surface area contributed by atoms with E-state index in [1.54, 1.807) is 6.07 Å². The summed E-state index contributed by atoms with van der Waals surface area (Å²) in [6, 6.07) is 3.23. The van der Waals surface area contributed by atoms with E-state index in [9.17, 15) is 8.42 Å². The van der Waals surface area contributed by atoms with Crippen molar-refractivity contribution in [3.8, 4) is 0 Å². The van der Waals surface area contributed by atoms with Crippen molar-refractivity contribution in [2.45, 2.75) is 37.2 Å². The molecule has 2 rings (SSSR count). The second kappa shape index (κ2) is 7.07. The quantitative estimate of drug-likeness (QED) is 0.863. The van der Waals surface area contributed by atoms with Gasteiger partial charge in [-0.1, -0.05) is 11.6 Å². The number of sulfonamides is 1. The maximum atomic E-state index is 12.6. The average molecular weight is 333 g/mol. The maximum absolute atomic E-state index is 12.6. The molecule has 0 radical (unpaired) electrons. The van der Waals surface area contributed by atoms with E-state index >= 15 is 0 Å². The minimum Gasteiger partial charge on any atom is -0.381 e. The van der Waals surface area contributed by atoms with Gasteiger partial charge in [0.25, 0.3) is 0 Å². The molecule has 1 aliphatic heterocycles. The molecule has 118 valence electrons. The van der Waals surface area contributed by atoms with Crippen LogP contribution in [0, 0.1) is 6.92 Å². The zero-order valence-corrected chi connectivity index (χ0v) is 13.9. The van der Waals surface area contributed by atoms with Crippen molar-refractivity contribution in [1.29, 1.82) is 0 Å². The Bertz CT molecular complexity index is 598. The smallest absolute Gasteiger partial charge is 0.241 e. The van der Waals surface area contributed by atoms with E-state index in [2.05, 4.69) is 10.0 Å². The van der Waals surface area contributed by atoms with E-state index in [4.69, 9.17) is 16.3 Å². The molecule has 0 aromatic heterocycles. The van der Waals surface area contributed by atoms with Crippen molar-refractivity contribution >= 4 is 21.6 Å². The molecule has 0 saturated carbocycles. The third-order valence-electron chi connectivity index (χ3n) is 3.63. The molecule has 0 amide bonds. The zero-order valence-electron chi connectivity index (χ0n) is 12.3. The standard InChI is InChI=1S/C14H21ClN2O3S/c1-10-11(9-16-2)7-12(15)8-14(10)21(18,19)17-13-3-5-20-6-4-13/h7-8,13,16-17H,3-6,9H2,1-2H3. The van der Waals surface area contributed by atoms with Gasteiger partial charge < -0.3 is 10.1 Å². The van der Waals surface area contributed by atoms with E-state index in [1.807, 2.05) is 14.0 Å². The molecule has 1 aromatic carbocycles. The molecule has 0 aliphatic carbocycles. The van der Waals surface area contributed by atoms with Crippen LogP contribution in [0.5, 0.6) is 0 Å². The monoisotopic (exact) mass is 332 g/mol. The molecule has 7 heteroatoms. The second-order valence-corrected chi connectivity index (χ2v) is 7.35. The summed E-state index contributed by atoms with van der Waals surface area (Å²) in [5.41, 5.74) is 1.62. The van der Waals surface area contributed by atoms with E-state index in [0.29, 0.717) is 37.6 Å². The predicted molar refractivity (Wildman–Crippen MR) is 83.1 cm³/mol. The summed E-state index contributed by atoms with van der Waals surface area (Å²) in [6.07, 6.45) is 1.39. The first-order chi connectivity index (χ1) is 9.94. The molecule has 1 aliphatic rings. The molecule has 0 spiro atoms. The Balaban J connectivity index is 2.30. The van der Waals surface area contributed by atoms with Gasteiger partial charge in [-0.15, -0.1) is 0 Å². The van der Waals surface area contributed by atoms with Crippen molar-refractivity contribution in [2.75, 3.05) is 20.3 Å². The van der Waals surface area contributed by atoms with Crippen molar-refractivity contribution < 1.29 is 13.2 Å². The van der Waals surface area contributed by atoms with Crippen molar-refractivity contribution in [2.24, 2.45) is 0 Å². The Morgan fingerprint density at radius 1 is 1.33 bits per heavy atom. The lowest BCUT2D eigenvalue weighted by Gasteiger charge is -2.23. The molecule has 5 nitrogen and oxygen atoms in total. The van der Waals surface area contributed by atoms with Gasteiger partial charge >= 0.3 is 0 Å². The highest BCUT2D eigenvalue weighted by molar-refractivity contribution is 7.89. The maximum Gasteiger partial charge on any atom is 0.241 e. The van der Waals surface area contributed by atoms with Gasteiger partial charge in [0, 0.05) is 30.8 Å². The first-order valence-corrected chi connectivity index (χ1v) is 8.84. The van der Waals surface area contributed by atoms with Crippen LogP contribution in [0.2, 0.25) is 5.02 Å². The van der Waals surface area contributed by atoms with Crippen molar-refractivity contribution in [1.82, 2.24) is 10.0 Å². The summed E-state index contributed by atoms with van der Waals surface area (Å²) in [6.45, 7) is 3.56. The normalized spacial score (nSPS) is 17.1. The molecule has 0 bridgehead atoms. The first-order valence-electron chi connectivity index (χ1n) is 6.97. The van der Waals surface area contributed by atoms with E-state index in [-0.39, 0.29) is 10.9 Å². The van der Waals surface area contributed by atoms with Crippen LogP contribution in [-0.4, -0.2) is 34.7 Å². The topological polar surface area (TPSA) is 67.4 Å². The Kier molecular flexibility index (Phi) is 5.62. The minimum absolute atomic E-state index is 0.0742. The highest BCUT2D eigenvalue weighted by atomic mass is 35.5. The van der Waals surface area contributed by atoms with E-state index < -0.39 is 10.0 Å². The van der Waals surface area contributed by atoms with Crippen LogP contribution in [0.4, 0.5) is 0 Å². The number of rotatable bonds is 5. The van der Waals surface area contributed by atoms with Crippen LogP contribution < -0.4 is 10.0 Å². The Labute approximate surface area is 131 Å². The number of halogens is 1. The number of hydrogen-bond acceptors (Lipinski definition) is 4. The third-order valence-corrected chi connectivity index (χ3v) is 5.50. The number of hydrogen-bond donors (Lipinski definition) is 2. The van der Waals surface area contributed by atoms with Gasteiger partial charge in [-0.05, 0) is 50.1 Å². The largest absolute Gasteiger partial charge is 0.381 e. The predicted octanol–water partition coefficient (Wildman–Crippen LogP) is 1.83. The molecule has 0 unspecified atom stereocenters. The fourth-order valence-corrected chi connectivity index (χ4v) is 4.38. The fraction of sp³-hybridized carbons (Fsp3) is 0.571. The molecule has 1 heterocycles. The zero-order chi connectivity index (χ0) is 15.5. The second-order valence-electron chi connectivity index (χ2n) is 5.23. The highest BCUT2D eigenvalue weighted by Crippen LogP contribution is 2.25. The van der Waals surface area contributed by atoms with Gasteiger partial charge in [0.1, 0.15) is 0 Å². The van der Waals surface area contributed by atoms with Crippen LogP contribution in [0.15, 0.2) is 17.0 Å². The van der Waals surface area contributed by atoms with Gasteiger partial charge in [-0.25, -0.2) is 13.1 Å². The minimum atomic E-state index is -3.57. The molecule has 1 aromatic rings. The van der Waals surface area contributed by atoms with Gasteiger partial charge in [-0.3, -0.25) is 0 Å². The summed E-state index contributed by atoms with van der Waals surface area (Å²) in [5.74, 6) is 0. The summed E-state index contributed by atoms with van der Waals surface area (Å²) < 4.78 is 33.2. The molecule has 1 fully saturated rings. The number of benzene rings is 1. The summed E-state index contributed by atoms with van der Waals surface area (Å²) in [4.78, 5) is 0.256. The average Bonchev–Trinajstić information content (AvgIpc) is 2.43. The fourth-order valence-electron chi connectivity index (χ4n) is 2.46. The third kappa shape index (κ3) is 4.17. The molecular weight excluding hydrogens is 312 g/mol. The number of nitrogens with one attached hydrogen (secondary N) is 2. The van der Waals surface area contributed by atoms with Gasteiger partial charge in [0.15, 0.2) is 0 Å². The van der Waals surface area contributed by atoms with Crippen LogP contribution in [0.3, 0.4) is 0 Å². The SMILES string of the molecule is CNCc1cc(Cl)cc(S(=O)(=O)NC2CCOCC2)c1C. The number of ether oxygens (including phenoxy) is 1. The van der Waals surface area contributed by atoms with Gasteiger partial charge in [-0.2, -0.15) is 0 Å². The summed E-state index contributed by atoms with van der Waals surface area (Å²) >= 11 is 6.07. The highest BCUT2D eigenvalue weighted by Gasteiger charge is 2.24. The molecule has 21 heavy (non-hydrogen) atoms. The van der Waals surface area contributed by atoms with Gasteiger partial charge in [0.2, 0.25) is 10.0 Å². The molecule has 1 saturated heterocycles. The molecule has 2 N–H and O–H groups in total. The first kappa shape index (κ1) is 16.7. The summed E-state index contributed by atoms with van der Waals surface area (Å²) in [7, 11) is -1.76. The van der Waals surface area contributed by atoms with Crippen LogP contribution in [0.1, 0.15) is 24.0 Å². The van der Waals surface area contributed by atoms with Crippen molar-refractivity contribution in [3.05, 3.63) is 28.3 Å². The Hall–Kier alpha value is -0.660. The van der Waals surface area contributed by atoms with E-state index in [0.717, 1.165) is 11.1 Å². The lowest BCUT2D eigenvalue weighted by Crippen LogP contribution is -2.39. The lowest BCUT2D eigenvalue weighted by atomic mass is 10.1. The van der Waals surface area contributed by atoms with E-state index in [1.165, 1.54) is 6.07 Å². The molecular formula is C14H21ClN2O3S. The van der Waals surface area contributed by atoms with Crippen molar-refractivity contribution in [3.63, 3.8) is 0 Å². The van der Waals surface area contributed by atoms with Crippen LogP contribution in [-0.2, 0) is 21.3 Å².